The van der Waals surface area contributed by atoms with Gasteiger partial charge < -0.3 is 9.64 Å². The van der Waals surface area contributed by atoms with E-state index in [1.165, 1.54) is 10.6 Å². The fourth-order valence-electron chi connectivity index (χ4n) is 5.11. The molecule has 1 saturated heterocycles. The molecule has 13 heteroatoms. The number of halogens is 3. The van der Waals surface area contributed by atoms with Gasteiger partial charge >= 0.3 is 6.18 Å². The number of piperidine rings is 1. The molecule has 5 rings (SSSR count). The molecule has 0 aliphatic carbocycles. The summed E-state index contributed by atoms with van der Waals surface area (Å²) in [6, 6.07) is 2.04. The zero-order valence-corrected chi connectivity index (χ0v) is 21.0. The van der Waals surface area contributed by atoms with Gasteiger partial charge in [-0.1, -0.05) is 17.4 Å². The Labute approximate surface area is 205 Å². The Kier molecular flexibility index (Phi) is 6.07. The van der Waals surface area contributed by atoms with Crippen molar-refractivity contribution in [2.24, 2.45) is 5.92 Å². The maximum absolute atomic E-state index is 12.9. The van der Waals surface area contributed by atoms with Gasteiger partial charge in [0.05, 0.1) is 18.1 Å². The molecular formula is C22H26F3N5O3S2. The van der Waals surface area contributed by atoms with E-state index < -0.39 is 26.8 Å². The van der Waals surface area contributed by atoms with Crippen LogP contribution in [0.2, 0.25) is 0 Å². The van der Waals surface area contributed by atoms with Crippen LogP contribution in [-0.2, 0) is 22.6 Å². The average Bonchev–Trinajstić information content (AvgIpc) is 3.43. The second-order valence-electron chi connectivity index (χ2n) is 9.52. The summed E-state index contributed by atoms with van der Waals surface area (Å²) < 4.78 is 69.9. The van der Waals surface area contributed by atoms with Gasteiger partial charge in [-0.3, -0.25) is 4.98 Å². The summed E-state index contributed by atoms with van der Waals surface area (Å²) in [7, 11) is -3.21. The first-order valence-corrected chi connectivity index (χ1v) is 14.1. The highest BCUT2D eigenvalue weighted by atomic mass is 32.2. The summed E-state index contributed by atoms with van der Waals surface area (Å²) in [6.07, 6.45) is 3.29. The number of ether oxygens (including phenoxy) is 1. The maximum Gasteiger partial charge on any atom is 0.445 e. The predicted octanol–water partition coefficient (Wildman–Crippen LogP) is 3.61. The predicted molar refractivity (Wildman–Crippen MR) is 126 cm³/mol. The molecule has 3 aliphatic rings. The number of hydrogen-bond acceptors (Lipinski definition) is 8. The highest BCUT2D eigenvalue weighted by molar-refractivity contribution is 7.88. The Morgan fingerprint density at radius 2 is 1.94 bits per heavy atom. The van der Waals surface area contributed by atoms with Gasteiger partial charge in [0, 0.05) is 44.1 Å². The van der Waals surface area contributed by atoms with Gasteiger partial charge in [-0.2, -0.15) is 17.5 Å². The number of nitrogens with zero attached hydrogens (tertiary/aromatic N) is 5. The van der Waals surface area contributed by atoms with Crippen LogP contribution in [0.1, 0.15) is 42.5 Å². The molecule has 0 saturated carbocycles. The van der Waals surface area contributed by atoms with Gasteiger partial charge in [-0.05, 0) is 37.8 Å². The molecule has 0 N–H and O–H groups in total. The van der Waals surface area contributed by atoms with Crippen molar-refractivity contribution < 1.29 is 26.3 Å². The number of fused-ring (bicyclic) bond motifs is 1. The SMILES string of the molecule is C[C@@]1(C2CCN(c3nnc(C(F)(F)F)s3)CC2)Cc2cc(C3=CCN(S(C)(=O)=O)CC3)ncc2O1. The molecule has 3 aliphatic heterocycles. The molecule has 0 spiro atoms. The standard InChI is InChI=1S/C22H26F3N5O3S2/c1-21(16-5-7-29(8-6-16)20-28-27-19(34-20)22(23,24)25)12-15-11-17(26-13-18(15)33-21)14-3-9-30(10-4-14)35(2,31)32/h3,11,13,16H,4-10,12H2,1-2H3/t21-/m0/s1. The molecule has 0 unspecified atom stereocenters. The Balaban J connectivity index is 1.23. The third-order valence-corrected chi connectivity index (χ3v) is 9.39. The number of sulfonamides is 1. The van der Waals surface area contributed by atoms with Gasteiger partial charge in [-0.25, -0.2) is 8.42 Å². The Morgan fingerprint density at radius 1 is 1.20 bits per heavy atom. The maximum atomic E-state index is 12.9. The fraction of sp³-hybridized carbons (Fsp3) is 0.591. The largest absolute Gasteiger partial charge is 0.485 e. The number of hydrogen-bond donors (Lipinski definition) is 0. The van der Waals surface area contributed by atoms with Crippen LogP contribution in [0.3, 0.4) is 0 Å². The molecule has 1 atom stereocenters. The van der Waals surface area contributed by atoms with Gasteiger partial charge in [0.25, 0.3) is 0 Å². The quantitative estimate of drug-likeness (QED) is 0.598. The number of alkyl halides is 3. The van der Waals surface area contributed by atoms with E-state index in [-0.39, 0.29) is 5.92 Å². The lowest BCUT2D eigenvalue weighted by atomic mass is 9.79. The lowest BCUT2D eigenvalue weighted by molar-refractivity contribution is -0.138. The second kappa shape index (κ2) is 8.70. The average molecular weight is 530 g/mol. The molecule has 2 aromatic heterocycles. The smallest absolute Gasteiger partial charge is 0.445 e. The molecule has 0 radical (unpaired) electrons. The minimum absolute atomic E-state index is 0.238. The minimum atomic E-state index is -4.47. The van der Waals surface area contributed by atoms with E-state index in [0.29, 0.717) is 49.1 Å². The molecular weight excluding hydrogens is 503 g/mol. The topological polar surface area (TPSA) is 88.5 Å². The van der Waals surface area contributed by atoms with E-state index in [4.69, 9.17) is 4.74 Å². The monoisotopic (exact) mass is 529 g/mol. The van der Waals surface area contributed by atoms with Crippen molar-refractivity contribution in [3.63, 3.8) is 0 Å². The number of anilines is 1. The molecule has 2 aromatic rings. The van der Waals surface area contributed by atoms with Crippen molar-refractivity contribution in [1.29, 1.82) is 0 Å². The van der Waals surface area contributed by atoms with E-state index in [1.54, 1.807) is 6.20 Å². The van der Waals surface area contributed by atoms with Crippen LogP contribution in [0.25, 0.3) is 5.57 Å². The van der Waals surface area contributed by atoms with Crippen LogP contribution in [0, 0.1) is 5.92 Å². The zero-order valence-electron chi connectivity index (χ0n) is 19.4. The highest BCUT2D eigenvalue weighted by Gasteiger charge is 2.44. The van der Waals surface area contributed by atoms with Crippen LogP contribution in [0.4, 0.5) is 18.3 Å². The number of aromatic nitrogens is 3. The lowest BCUT2D eigenvalue weighted by Gasteiger charge is -2.39. The summed E-state index contributed by atoms with van der Waals surface area (Å²) in [4.78, 5) is 6.44. The number of pyridine rings is 1. The van der Waals surface area contributed by atoms with Gasteiger partial charge in [0.1, 0.15) is 11.4 Å². The van der Waals surface area contributed by atoms with E-state index in [2.05, 4.69) is 22.1 Å². The molecule has 8 nitrogen and oxygen atoms in total. The summed E-state index contributed by atoms with van der Waals surface area (Å²) in [5, 5.41) is 6.43. The van der Waals surface area contributed by atoms with Gasteiger partial charge in [0.15, 0.2) is 0 Å². The van der Waals surface area contributed by atoms with Gasteiger partial charge in [-0.15, -0.1) is 10.2 Å². The fourth-order valence-corrected chi connectivity index (χ4v) is 6.64. The number of rotatable bonds is 4. The van der Waals surface area contributed by atoms with E-state index in [1.807, 2.05) is 17.0 Å². The second-order valence-corrected chi connectivity index (χ2v) is 12.5. The lowest BCUT2D eigenvalue weighted by Crippen LogP contribution is -2.46. The van der Waals surface area contributed by atoms with Crippen LogP contribution in [0.15, 0.2) is 18.3 Å². The van der Waals surface area contributed by atoms with Crippen molar-refractivity contribution in [2.75, 3.05) is 37.3 Å². The first kappa shape index (κ1) is 24.4. The van der Waals surface area contributed by atoms with Crippen molar-refractivity contribution in [3.8, 4) is 5.75 Å². The Hall–Kier alpha value is -2.25. The molecule has 0 amide bonds. The van der Waals surface area contributed by atoms with Crippen molar-refractivity contribution >= 4 is 32.1 Å². The van der Waals surface area contributed by atoms with Crippen molar-refractivity contribution in [2.45, 2.75) is 44.4 Å². The summed E-state index contributed by atoms with van der Waals surface area (Å²) in [6.45, 7) is 4.07. The first-order valence-electron chi connectivity index (χ1n) is 11.4. The minimum Gasteiger partial charge on any atom is -0.485 e. The molecule has 0 bridgehead atoms. The van der Waals surface area contributed by atoms with E-state index in [0.717, 1.165) is 41.8 Å². The molecule has 190 valence electrons. The van der Waals surface area contributed by atoms with E-state index in [9.17, 15) is 21.6 Å². The van der Waals surface area contributed by atoms with Crippen molar-refractivity contribution in [1.82, 2.24) is 19.5 Å². The summed E-state index contributed by atoms with van der Waals surface area (Å²) in [5.74, 6) is 0.994. The Bertz CT molecular complexity index is 1260. The van der Waals surface area contributed by atoms with Crippen molar-refractivity contribution in [3.05, 3.63) is 34.6 Å². The first-order chi connectivity index (χ1) is 16.4. The Morgan fingerprint density at radius 3 is 2.54 bits per heavy atom. The molecule has 35 heavy (non-hydrogen) atoms. The van der Waals surface area contributed by atoms with Crippen LogP contribution >= 0.6 is 11.3 Å². The van der Waals surface area contributed by atoms with Crippen LogP contribution in [0.5, 0.6) is 5.75 Å². The zero-order chi connectivity index (χ0) is 25.0. The summed E-state index contributed by atoms with van der Waals surface area (Å²) in [5.41, 5.74) is 2.53. The normalized spacial score (nSPS) is 24.3. The summed E-state index contributed by atoms with van der Waals surface area (Å²) >= 11 is 0.583. The molecule has 5 heterocycles. The van der Waals surface area contributed by atoms with E-state index >= 15 is 0 Å². The molecule has 1 fully saturated rings. The third kappa shape index (κ3) is 4.90. The van der Waals surface area contributed by atoms with Crippen LogP contribution in [-0.4, -0.2) is 65.9 Å². The van der Waals surface area contributed by atoms with Gasteiger partial charge in [0.2, 0.25) is 20.2 Å². The highest BCUT2D eigenvalue weighted by Crippen LogP contribution is 2.44. The third-order valence-electron chi connectivity index (χ3n) is 7.09. The molecule has 0 aromatic carbocycles. The van der Waals surface area contributed by atoms with Crippen LogP contribution < -0.4 is 9.64 Å².